The minimum Gasteiger partial charge on any atom is -0.387 e. The van der Waals surface area contributed by atoms with Crippen LogP contribution in [0.1, 0.15) is 31.4 Å². The quantitative estimate of drug-likeness (QED) is 0.860. The number of aliphatic hydroxyl groups excluding tert-OH is 1. The van der Waals surface area contributed by atoms with Crippen LogP contribution in [0.3, 0.4) is 0 Å². The molecule has 1 unspecified atom stereocenters. The first-order chi connectivity index (χ1) is 9.09. The minimum absolute atomic E-state index is 0.251. The van der Waals surface area contributed by atoms with Gasteiger partial charge in [0.1, 0.15) is 5.82 Å². The van der Waals surface area contributed by atoms with Crippen molar-refractivity contribution in [1.29, 1.82) is 0 Å². The van der Waals surface area contributed by atoms with Gasteiger partial charge in [-0.2, -0.15) is 0 Å². The molecule has 2 N–H and O–H groups in total. The molecular formula is C15H22FNO2. The van der Waals surface area contributed by atoms with Crippen LogP contribution in [0.15, 0.2) is 24.3 Å². The Morgan fingerprint density at radius 2 is 1.95 bits per heavy atom. The molecule has 106 valence electrons. The van der Waals surface area contributed by atoms with E-state index in [9.17, 15) is 9.50 Å². The molecule has 0 aliphatic carbocycles. The predicted octanol–water partition coefficient (Wildman–Crippen LogP) is 2.27. The SMILES string of the molecule is CC1(CNCC(O)c2ccc(F)cc2)CCOCC1. The van der Waals surface area contributed by atoms with Gasteiger partial charge >= 0.3 is 0 Å². The van der Waals surface area contributed by atoms with Crippen LogP contribution in [0.5, 0.6) is 0 Å². The van der Waals surface area contributed by atoms with E-state index in [0.29, 0.717) is 6.54 Å². The number of hydrogen-bond donors (Lipinski definition) is 2. The number of halogens is 1. The first-order valence-electron chi connectivity index (χ1n) is 6.81. The molecule has 1 aliphatic rings. The highest BCUT2D eigenvalue weighted by Gasteiger charge is 2.26. The number of hydrogen-bond acceptors (Lipinski definition) is 3. The smallest absolute Gasteiger partial charge is 0.123 e. The summed E-state index contributed by atoms with van der Waals surface area (Å²) in [7, 11) is 0. The maximum atomic E-state index is 12.8. The van der Waals surface area contributed by atoms with Crippen LogP contribution in [-0.4, -0.2) is 31.4 Å². The average molecular weight is 267 g/mol. The zero-order chi connectivity index (χ0) is 13.7. The first kappa shape index (κ1) is 14.4. The largest absolute Gasteiger partial charge is 0.387 e. The topological polar surface area (TPSA) is 41.5 Å². The monoisotopic (exact) mass is 267 g/mol. The van der Waals surface area contributed by atoms with Gasteiger partial charge in [0, 0.05) is 26.3 Å². The Balaban J connectivity index is 1.77. The minimum atomic E-state index is -0.593. The lowest BCUT2D eigenvalue weighted by Gasteiger charge is -2.34. The number of aliphatic hydroxyl groups is 1. The summed E-state index contributed by atoms with van der Waals surface area (Å²) in [6.07, 6.45) is 1.50. The Morgan fingerprint density at radius 1 is 1.32 bits per heavy atom. The van der Waals surface area contributed by atoms with Crippen LogP contribution in [0.25, 0.3) is 0 Å². The van der Waals surface area contributed by atoms with Crippen LogP contribution in [0, 0.1) is 11.2 Å². The second-order valence-corrected chi connectivity index (χ2v) is 5.62. The van der Waals surface area contributed by atoms with Crippen LogP contribution < -0.4 is 5.32 Å². The molecule has 0 spiro atoms. The molecule has 19 heavy (non-hydrogen) atoms. The Kier molecular flexibility index (Phi) is 4.91. The highest BCUT2D eigenvalue weighted by molar-refractivity contribution is 5.18. The van der Waals surface area contributed by atoms with Crippen molar-refractivity contribution in [2.75, 3.05) is 26.3 Å². The van der Waals surface area contributed by atoms with Crippen LogP contribution in [0.4, 0.5) is 4.39 Å². The zero-order valence-electron chi connectivity index (χ0n) is 11.4. The Hall–Kier alpha value is -0.970. The van der Waals surface area contributed by atoms with Crippen molar-refractivity contribution in [1.82, 2.24) is 5.32 Å². The zero-order valence-corrected chi connectivity index (χ0v) is 11.4. The third-order valence-corrected chi connectivity index (χ3v) is 3.84. The van der Waals surface area contributed by atoms with Gasteiger partial charge in [0.05, 0.1) is 6.10 Å². The average Bonchev–Trinajstić information content (AvgIpc) is 2.40. The van der Waals surface area contributed by atoms with E-state index in [0.717, 1.165) is 38.2 Å². The third kappa shape index (κ3) is 4.27. The van der Waals surface area contributed by atoms with Crippen LogP contribution in [-0.2, 0) is 4.74 Å². The molecule has 1 aromatic carbocycles. The highest BCUT2D eigenvalue weighted by Crippen LogP contribution is 2.28. The number of nitrogens with one attached hydrogen (secondary N) is 1. The Labute approximate surface area is 113 Å². The molecule has 1 aliphatic heterocycles. The number of benzene rings is 1. The number of ether oxygens (including phenoxy) is 1. The summed E-state index contributed by atoms with van der Waals surface area (Å²) in [6.45, 7) is 5.24. The lowest BCUT2D eigenvalue weighted by Crippen LogP contribution is -2.38. The summed E-state index contributed by atoms with van der Waals surface area (Å²) >= 11 is 0. The molecule has 1 saturated heterocycles. The standard InChI is InChI=1S/C15H22FNO2/c1-15(6-8-19-9-7-15)11-17-10-14(18)12-2-4-13(16)5-3-12/h2-5,14,17-18H,6-11H2,1H3. The van der Waals surface area contributed by atoms with Gasteiger partial charge < -0.3 is 15.2 Å². The van der Waals surface area contributed by atoms with Crippen molar-refractivity contribution in [3.63, 3.8) is 0 Å². The lowest BCUT2D eigenvalue weighted by molar-refractivity contribution is 0.0227. The first-order valence-corrected chi connectivity index (χ1v) is 6.81. The fraction of sp³-hybridized carbons (Fsp3) is 0.600. The third-order valence-electron chi connectivity index (χ3n) is 3.84. The van der Waals surface area contributed by atoms with Crippen LogP contribution in [0.2, 0.25) is 0 Å². The molecule has 0 aromatic heterocycles. The van der Waals surface area contributed by atoms with E-state index in [4.69, 9.17) is 4.74 Å². The highest BCUT2D eigenvalue weighted by atomic mass is 19.1. The van der Waals surface area contributed by atoms with E-state index in [1.165, 1.54) is 12.1 Å². The van der Waals surface area contributed by atoms with Crippen molar-refractivity contribution >= 4 is 0 Å². The van der Waals surface area contributed by atoms with Gasteiger partial charge in [-0.1, -0.05) is 19.1 Å². The second kappa shape index (κ2) is 6.46. The van der Waals surface area contributed by atoms with Gasteiger partial charge in [-0.15, -0.1) is 0 Å². The van der Waals surface area contributed by atoms with E-state index in [-0.39, 0.29) is 11.2 Å². The molecule has 0 radical (unpaired) electrons. The maximum Gasteiger partial charge on any atom is 0.123 e. The molecule has 1 fully saturated rings. The molecule has 0 bridgehead atoms. The van der Waals surface area contributed by atoms with Gasteiger partial charge in [0.25, 0.3) is 0 Å². The molecule has 2 rings (SSSR count). The molecule has 1 aromatic rings. The summed E-state index contributed by atoms with van der Waals surface area (Å²) in [4.78, 5) is 0. The van der Waals surface area contributed by atoms with Gasteiger partial charge in [0.15, 0.2) is 0 Å². The van der Waals surface area contributed by atoms with Crippen molar-refractivity contribution in [2.45, 2.75) is 25.9 Å². The Morgan fingerprint density at radius 3 is 2.58 bits per heavy atom. The van der Waals surface area contributed by atoms with E-state index < -0.39 is 6.10 Å². The summed E-state index contributed by atoms with van der Waals surface area (Å²) in [5.74, 6) is -0.279. The van der Waals surface area contributed by atoms with Crippen molar-refractivity contribution in [2.24, 2.45) is 5.41 Å². The molecule has 4 heteroatoms. The van der Waals surface area contributed by atoms with E-state index in [1.807, 2.05) is 0 Å². The summed E-state index contributed by atoms with van der Waals surface area (Å²) in [5.41, 5.74) is 0.992. The second-order valence-electron chi connectivity index (χ2n) is 5.62. The van der Waals surface area contributed by atoms with Gasteiger partial charge in [-0.05, 0) is 36.0 Å². The number of rotatable bonds is 5. The molecule has 1 atom stereocenters. The van der Waals surface area contributed by atoms with Crippen molar-refractivity contribution < 1.29 is 14.2 Å². The Bertz CT molecular complexity index is 388. The molecule has 1 heterocycles. The summed E-state index contributed by atoms with van der Waals surface area (Å²) in [5, 5.41) is 13.3. The predicted molar refractivity (Wildman–Crippen MR) is 72.4 cm³/mol. The normalized spacial score (nSPS) is 20.2. The van der Waals surface area contributed by atoms with Gasteiger partial charge in [-0.25, -0.2) is 4.39 Å². The fourth-order valence-corrected chi connectivity index (χ4v) is 2.35. The van der Waals surface area contributed by atoms with Crippen LogP contribution >= 0.6 is 0 Å². The molecular weight excluding hydrogens is 245 g/mol. The lowest BCUT2D eigenvalue weighted by atomic mass is 9.82. The molecule has 0 saturated carbocycles. The van der Waals surface area contributed by atoms with Gasteiger partial charge in [-0.3, -0.25) is 0 Å². The summed E-state index contributed by atoms with van der Waals surface area (Å²) < 4.78 is 18.1. The molecule has 0 amide bonds. The summed E-state index contributed by atoms with van der Waals surface area (Å²) in [6, 6.07) is 5.99. The van der Waals surface area contributed by atoms with Gasteiger partial charge in [0.2, 0.25) is 0 Å². The van der Waals surface area contributed by atoms with Crippen molar-refractivity contribution in [3.8, 4) is 0 Å². The van der Waals surface area contributed by atoms with E-state index >= 15 is 0 Å². The maximum absolute atomic E-state index is 12.8. The van der Waals surface area contributed by atoms with Crippen molar-refractivity contribution in [3.05, 3.63) is 35.6 Å². The van der Waals surface area contributed by atoms with E-state index in [2.05, 4.69) is 12.2 Å². The van der Waals surface area contributed by atoms with E-state index in [1.54, 1.807) is 12.1 Å². The molecule has 3 nitrogen and oxygen atoms in total. The fourth-order valence-electron chi connectivity index (χ4n) is 2.35.